The lowest BCUT2D eigenvalue weighted by molar-refractivity contribution is 0.0939. The lowest BCUT2D eigenvalue weighted by Crippen LogP contribution is -2.27. The number of para-hydroxylation sites is 1. The summed E-state index contributed by atoms with van der Waals surface area (Å²) >= 11 is 0. The molecule has 0 fully saturated rings. The SMILES string of the molecule is COc1ccccc1C(C)NC(=O)c1ccc(C)c(NS(C)(=O)=O)c1. The van der Waals surface area contributed by atoms with Crippen molar-refractivity contribution in [2.24, 2.45) is 0 Å². The molecule has 0 aliphatic heterocycles. The molecule has 2 N–H and O–H groups in total. The third-order valence-electron chi connectivity index (χ3n) is 3.75. The normalized spacial score (nSPS) is 12.3. The number of ether oxygens (including phenoxy) is 1. The van der Waals surface area contributed by atoms with Crippen molar-refractivity contribution in [2.45, 2.75) is 19.9 Å². The quantitative estimate of drug-likeness (QED) is 0.827. The molecule has 0 spiro atoms. The molecule has 134 valence electrons. The molecule has 1 atom stereocenters. The second kappa shape index (κ2) is 7.57. The van der Waals surface area contributed by atoms with E-state index in [1.54, 1.807) is 26.2 Å². The summed E-state index contributed by atoms with van der Waals surface area (Å²) in [6.45, 7) is 3.63. The molecule has 0 saturated heterocycles. The monoisotopic (exact) mass is 362 g/mol. The van der Waals surface area contributed by atoms with E-state index in [9.17, 15) is 13.2 Å². The summed E-state index contributed by atoms with van der Waals surface area (Å²) in [5.41, 5.74) is 2.36. The summed E-state index contributed by atoms with van der Waals surface area (Å²) in [5.74, 6) is 0.397. The fourth-order valence-electron chi connectivity index (χ4n) is 2.45. The molecular weight excluding hydrogens is 340 g/mol. The molecule has 0 aliphatic rings. The van der Waals surface area contributed by atoms with Gasteiger partial charge in [0.15, 0.2) is 0 Å². The molecule has 1 amide bonds. The van der Waals surface area contributed by atoms with Crippen LogP contribution in [0.1, 0.15) is 34.5 Å². The third-order valence-corrected chi connectivity index (χ3v) is 4.34. The Morgan fingerprint density at radius 1 is 1.16 bits per heavy atom. The van der Waals surface area contributed by atoms with Crippen LogP contribution in [0, 0.1) is 6.92 Å². The fourth-order valence-corrected chi connectivity index (χ4v) is 3.07. The summed E-state index contributed by atoms with van der Waals surface area (Å²) in [6.07, 6.45) is 1.07. The third kappa shape index (κ3) is 4.96. The van der Waals surface area contributed by atoms with Crippen molar-refractivity contribution < 1.29 is 17.9 Å². The van der Waals surface area contributed by atoms with Gasteiger partial charge in [-0.1, -0.05) is 24.3 Å². The Morgan fingerprint density at radius 3 is 2.48 bits per heavy atom. The number of aryl methyl sites for hydroxylation is 1. The molecule has 0 radical (unpaired) electrons. The second-order valence-electron chi connectivity index (χ2n) is 5.84. The number of anilines is 1. The second-order valence-corrected chi connectivity index (χ2v) is 7.59. The van der Waals surface area contributed by atoms with Crippen LogP contribution in [-0.2, 0) is 10.0 Å². The van der Waals surface area contributed by atoms with Gasteiger partial charge < -0.3 is 10.1 Å². The van der Waals surface area contributed by atoms with Gasteiger partial charge in [-0.05, 0) is 37.6 Å². The van der Waals surface area contributed by atoms with Gasteiger partial charge >= 0.3 is 0 Å². The molecule has 2 aromatic rings. The maximum absolute atomic E-state index is 12.5. The van der Waals surface area contributed by atoms with Gasteiger partial charge in [-0.2, -0.15) is 0 Å². The van der Waals surface area contributed by atoms with E-state index in [4.69, 9.17) is 4.74 Å². The number of rotatable bonds is 6. The number of sulfonamides is 1. The highest BCUT2D eigenvalue weighted by atomic mass is 32.2. The van der Waals surface area contributed by atoms with Gasteiger partial charge in [-0.25, -0.2) is 8.42 Å². The Bertz CT molecular complexity index is 878. The summed E-state index contributed by atoms with van der Waals surface area (Å²) in [7, 11) is -1.84. The van der Waals surface area contributed by atoms with Crippen molar-refractivity contribution in [1.82, 2.24) is 5.32 Å². The molecule has 0 aromatic heterocycles. The topological polar surface area (TPSA) is 84.5 Å². The summed E-state index contributed by atoms with van der Waals surface area (Å²) in [4.78, 5) is 12.5. The average molecular weight is 362 g/mol. The van der Waals surface area contributed by atoms with Gasteiger partial charge in [0.05, 0.1) is 25.1 Å². The van der Waals surface area contributed by atoms with E-state index in [1.165, 1.54) is 6.07 Å². The smallest absolute Gasteiger partial charge is 0.251 e. The van der Waals surface area contributed by atoms with E-state index in [1.807, 2.05) is 31.2 Å². The Kier molecular flexibility index (Phi) is 5.69. The lowest BCUT2D eigenvalue weighted by atomic mass is 10.1. The maximum atomic E-state index is 12.5. The first kappa shape index (κ1) is 18.8. The van der Waals surface area contributed by atoms with Gasteiger partial charge in [-0.15, -0.1) is 0 Å². The molecule has 0 saturated carbocycles. The van der Waals surface area contributed by atoms with Crippen LogP contribution >= 0.6 is 0 Å². The number of benzene rings is 2. The molecule has 6 nitrogen and oxygen atoms in total. The maximum Gasteiger partial charge on any atom is 0.251 e. The molecule has 0 bridgehead atoms. The Morgan fingerprint density at radius 2 is 1.84 bits per heavy atom. The van der Waals surface area contributed by atoms with Gasteiger partial charge in [0.2, 0.25) is 10.0 Å². The predicted molar refractivity (Wildman–Crippen MR) is 98.5 cm³/mol. The zero-order chi connectivity index (χ0) is 18.6. The minimum atomic E-state index is -3.42. The van der Waals surface area contributed by atoms with Crippen LogP contribution in [0.15, 0.2) is 42.5 Å². The van der Waals surface area contributed by atoms with E-state index < -0.39 is 10.0 Å². The number of carbonyl (C=O) groups excluding carboxylic acids is 1. The summed E-state index contributed by atoms with van der Waals surface area (Å²) in [5, 5.41) is 2.90. The van der Waals surface area contributed by atoms with Gasteiger partial charge in [0.1, 0.15) is 5.75 Å². The van der Waals surface area contributed by atoms with Gasteiger partial charge in [0.25, 0.3) is 5.91 Å². The van der Waals surface area contributed by atoms with Crippen molar-refractivity contribution >= 4 is 21.6 Å². The van der Waals surface area contributed by atoms with E-state index >= 15 is 0 Å². The summed E-state index contributed by atoms with van der Waals surface area (Å²) < 4.78 is 30.6. The molecular formula is C18H22N2O4S. The zero-order valence-corrected chi connectivity index (χ0v) is 15.5. The fraction of sp³-hybridized carbons (Fsp3) is 0.278. The van der Waals surface area contributed by atoms with Crippen molar-refractivity contribution in [3.05, 3.63) is 59.2 Å². The first-order chi connectivity index (χ1) is 11.7. The van der Waals surface area contributed by atoms with Crippen LogP contribution in [0.4, 0.5) is 5.69 Å². The number of hydrogen-bond donors (Lipinski definition) is 2. The molecule has 0 aliphatic carbocycles. The minimum Gasteiger partial charge on any atom is -0.496 e. The Balaban J connectivity index is 2.22. The standard InChI is InChI=1S/C18H22N2O4S/c1-12-9-10-14(11-16(12)20-25(4,22)23)18(21)19-13(2)15-7-5-6-8-17(15)24-3/h5-11,13,20H,1-4H3,(H,19,21). The molecule has 25 heavy (non-hydrogen) atoms. The largest absolute Gasteiger partial charge is 0.496 e. The average Bonchev–Trinajstić information content (AvgIpc) is 2.55. The van der Waals surface area contributed by atoms with E-state index in [0.717, 1.165) is 17.4 Å². The van der Waals surface area contributed by atoms with E-state index in [2.05, 4.69) is 10.0 Å². The molecule has 0 heterocycles. The van der Waals surface area contributed by atoms with Crippen LogP contribution in [0.3, 0.4) is 0 Å². The number of hydrogen-bond acceptors (Lipinski definition) is 4. The van der Waals surface area contributed by atoms with Crippen molar-refractivity contribution in [2.75, 3.05) is 18.1 Å². The zero-order valence-electron chi connectivity index (χ0n) is 14.7. The lowest BCUT2D eigenvalue weighted by Gasteiger charge is -2.18. The highest BCUT2D eigenvalue weighted by Crippen LogP contribution is 2.25. The van der Waals surface area contributed by atoms with Gasteiger partial charge in [0, 0.05) is 11.1 Å². The first-order valence-corrected chi connectivity index (χ1v) is 9.62. The van der Waals surface area contributed by atoms with Gasteiger partial charge in [-0.3, -0.25) is 9.52 Å². The number of methoxy groups -OCH3 is 1. The van der Waals surface area contributed by atoms with Crippen molar-refractivity contribution in [1.29, 1.82) is 0 Å². The van der Waals surface area contributed by atoms with Crippen LogP contribution in [0.25, 0.3) is 0 Å². The Labute approximate surface area is 148 Å². The minimum absolute atomic E-state index is 0.267. The number of carbonyl (C=O) groups is 1. The summed E-state index contributed by atoms with van der Waals surface area (Å²) in [6, 6.07) is 12.1. The Hall–Kier alpha value is -2.54. The first-order valence-electron chi connectivity index (χ1n) is 7.73. The highest BCUT2D eigenvalue weighted by molar-refractivity contribution is 7.92. The number of nitrogens with one attached hydrogen (secondary N) is 2. The van der Waals surface area contributed by atoms with E-state index in [-0.39, 0.29) is 11.9 Å². The number of amides is 1. The van der Waals surface area contributed by atoms with Crippen molar-refractivity contribution in [3.63, 3.8) is 0 Å². The molecule has 7 heteroatoms. The molecule has 2 rings (SSSR count). The molecule has 2 aromatic carbocycles. The predicted octanol–water partition coefficient (Wildman–Crippen LogP) is 2.87. The molecule has 1 unspecified atom stereocenters. The van der Waals surface area contributed by atoms with Crippen LogP contribution < -0.4 is 14.8 Å². The van der Waals surface area contributed by atoms with Crippen molar-refractivity contribution in [3.8, 4) is 5.75 Å². The van der Waals surface area contributed by atoms with Crippen LogP contribution in [0.5, 0.6) is 5.75 Å². The highest BCUT2D eigenvalue weighted by Gasteiger charge is 2.16. The van der Waals surface area contributed by atoms with Crippen LogP contribution in [-0.4, -0.2) is 27.7 Å². The van der Waals surface area contributed by atoms with Crippen LogP contribution in [0.2, 0.25) is 0 Å². The van der Waals surface area contributed by atoms with E-state index in [0.29, 0.717) is 17.0 Å².